The van der Waals surface area contributed by atoms with E-state index in [9.17, 15) is 4.79 Å². The third-order valence-corrected chi connectivity index (χ3v) is 3.22. The summed E-state index contributed by atoms with van der Waals surface area (Å²) in [5.41, 5.74) is 4.15. The predicted molar refractivity (Wildman–Crippen MR) is 80.6 cm³/mol. The van der Waals surface area contributed by atoms with Crippen molar-refractivity contribution in [3.8, 4) is 0 Å². The second-order valence-electron chi connectivity index (χ2n) is 4.77. The molecule has 0 fully saturated rings. The number of carbonyl (C=O) groups is 1. The molecule has 2 aromatic carbocycles. The fraction of sp³-hybridized carbons (Fsp3) is 0.235. The number of rotatable bonds is 5. The first-order chi connectivity index (χ1) is 9.66. The molecule has 3 heteroatoms. The predicted octanol–water partition coefficient (Wildman–Crippen LogP) is 3.46. The van der Waals surface area contributed by atoms with E-state index in [4.69, 9.17) is 4.74 Å². The van der Waals surface area contributed by atoms with Gasteiger partial charge in [0.05, 0.1) is 6.61 Å². The molecule has 0 aliphatic heterocycles. The second-order valence-corrected chi connectivity index (χ2v) is 4.77. The number of carbonyl (C=O) groups excluding carboxylic acids is 1. The van der Waals surface area contributed by atoms with Crippen LogP contribution in [0.25, 0.3) is 0 Å². The molecular weight excluding hydrogens is 250 g/mol. The highest BCUT2D eigenvalue weighted by molar-refractivity contribution is 5.92. The number of anilines is 1. The van der Waals surface area contributed by atoms with Gasteiger partial charge in [-0.2, -0.15) is 0 Å². The molecular formula is C17H19NO2. The van der Waals surface area contributed by atoms with E-state index in [2.05, 4.69) is 5.32 Å². The molecule has 2 aromatic rings. The first kappa shape index (κ1) is 14.3. The van der Waals surface area contributed by atoms with Crippen LogP contribution in [0.3, 0.4) is 0 Å². The van der Waals surface area contributed by atoms with Gasteiger partial charge in [0, 0.05) is 5.69 Å². The van der Waals surface area contributed by atoms with E-state index in [-0.39, 0.29) is 12.5 Å². The minimum Gasteiger partial charge on any atom is -0.367 e. The Bertz CT molecular complexity index is 579. The average Bonchev–Trinajstić information content (AvgIpc) is 2.45. The van der Waals surface area contributed by atoms with Gasteiger partial charge < -0.3 is 10.1 Å². The smallest absolute Gasteiger partial charge is 0.250 e. The van der Waals surface area contributed by atoms with E-state index in [0.29, 0.717) is 6.61 Å². The van der Waals surface area contributed by atoms with Gasteiger partial charge in [0.2, 0.25) is 5.91 Å². The number of ether oxygens (including phenoxy) is 1. The van der Waals surface area contributed by atoms with Gasteiger partial charge in [-0.1, -0.05) is 42.5 Å². The summed E-state index contributed by atoms with van der Waals surface area (Å²) in [6, 6.07) is 15.7. The summed E-state index contributed by atoms with van der Waals surface area (Å²) in [5, 5.41) is 2.87. The monoisotopic (exact) mass is 269 g/mol. The van der Waals surface area contributed by atoms with Gasteiger partial charge in [-0.25, -0.2) is 0 Å². The molecule has 0 bridgehead atoms. The first-order valence-electron chi connectivity index (χ1n) is 6.64. The standard InChI is InChI=1S/C17H19NO2/c1-13-7-6-10-16(14(13)2)18-17(19)12-20-11-15-8-4-3-5-9-15/h3-10H,11-12H2,1-2H3,(H,18,19). The Kier molecular flexibility index (Phi) is 4.91. The van der Waals surface area contributed by atoms with Crippen LogP contribution in [-0.2, 0) is 16.1 Å². The highest BCUT2D eigenvalue weighted by Crippen LogP contribution is 2.17. The maximum Gasteiger partial charge on any atom is 0.250 e. The van der Waals surface area contributed by atoms with E-state index >= 15 is 0 Å². The van der Waals surface area contributed by atoms with E-state index < -0.39 is 0 Å². The first-order valence-corrected chi connectivity index (χ1v) is 6.64. The molecule has 0 atom stereocenters. The van der Waals surface area contributed by atoms with Crippen LogP contribution in [0.5, 0.6) is 0 Å². The molecule has 1 N–H and O–H groups in total. The van der Waals surface area contributed by atoms with Gasteiger partial charge in [0.1, 0.15) is 6.61 Å². The normalized spacial score (nSPS) is 10.3. The Balaban J connectivity index is 1.82. The van der Waals surface area contributed by atoms with Crippen LogP contribution in [0.2, 0.25) is 0 Å². The number of aryl methyl sites for hydroxylation is 1. The zero-order valence-electron chi connectivity index (χ0n) is 11.8. The van der Waals surface area contributed by atoms with Crippen LogP contribution < -0.4 is 5.32 Å². The molecule has 0 saturated carbocycles. The van der Waals surface area contributed by atoms with Gasteiger partial charge in [0.25, 0.3) is 0 Å². The van der Waals surface area contributed by atoms with Gasteiger partial charge in [-0.15, -0.1) is 0 Å². The van der Waals surface area contributed by atoms with Crippen molar-refractivity contribution in [2.45, 2.75) is 20.5 Å². The van der Waals surface area contributed by atoms with Crippen LogP contribution >= 0.6 is 0 Å². The topological polar surface area (TPSA) is 38.3 Å². The largest absolute Gasteiger partial charge is 0.367 e. The molecule has 3 nitrogen and oxygen atoms in total. The quantitative estimate of drug-likeness (QED) is 0.902. The van der Waals surface area contributed by atoms with E-state index in [1.165, 1.54) is 0 Å². The Labute approximate surface area is 119 Å². The molecule has 0 saturated heterocycles. The van der Waals surface area contributed by atoms with Crippen LogP contribution in [0, 0.1) is 13.8 Å². The van der Waals surface area contributed by atoms with Crippen LogP contribution in [0.15, 0.2) is 48.5 Å². The number of amides is 1. The molecule has 1 amide bonds. The van der Waals surface area contributed by atoms with Crippen molar-refractivity contribution in [1.29, 1.82) is 0 Å². The molecule has 0 unspecified atom stereocenters. The summed E-state index contributed by atoms with van der Waals surface area (Å²) < 4.78 is 5.41. The molecule has 0 radical (unpaired) electrons. The average molecular weight is 269 g/mol. The van der Waals surface area contributed by atoms with Crippen molar-refractivity contribution in [2.24, 2.45) is 0 Å². The Hall–Kier alpha value is -2.13. The fourth-order valence-electron chi connectivity index (χ4n) is 1.91. The number of hydrogen-bond donors (Lipinski definition) is 1. The Morgan fingerprint density at radius 3 is 2.55 bits per heavy atom. The van der Waals surface area contributed by atoms with Crippen molar-refractivity contribution < 1.29 is 9.53 Å². The summed E-state index contributed by atoms with van der Waals surface area (Å²) in [4.78, 5) is 11.8. The van der Waals surface area contributed by atoms with E-state index in [0.717, 1.165) is 22.4 Å². The lowest BCUT2D eigenvalue weighted by molar-refractivity contribution is -0.121. The van der Waals surface area contributed by atoms with Gasteiger partial charge in [-0.05, 0) is 36.6 Å². The van der Waals surface area contributed by atoms with Crippen LogP contribution in [0.1, 0.15) is 16.7 Å². The SMILES string of the molecule is Cc1cccc(NC(=O)COCc2ccccc2)c1C. The Morgan fingerprint density at radius 2 is 1.80 bits per heavy atom. The molecule has 0 aromatic heterocycles. The van der Waals surface area contributed by atoms with Gasteiger partial charge in [-0.3, -0.25) is 4.79 Å². The van der Waals surface area contributed by atoms with Crippen molar-refractivity contribution in [1.82, 2.24) is 0 Å². The molecule has 20 heavy (non-hydrogen) atoms. The highest BCUT2D eigenvalue weighted by Gasteiger charge is 2.06. The van der Waals surface area contributed by atoms with Crippen molar-refractivity contribution in [3.63, 3.8) is 0 Å². The lowest BCUT2D eigenvalue weighted by Crippen LogP contribution is -2.18. The zero-order chi connectivity index (χ0) is 14.4. The zero-order valence-corrected chi connectivity index (χ0v) is 11.8. The van der Waals surface area contributed by atoms with E-state index in [1.54, 1.807) is 0 Å². The van der Waals surface area contributed by atoms with Crippen LogP contribution in [-0.4, -0.2) is 12.5 Å². The van der Waals surface area contributed by atoms with Crippen LogP contribution in [0.4, 0.5) is 5.69 Å². The van der Waals surface area contributed by atoms with Crippen molar-refractivity contribution in [3.05, 3.63) is 65.2 Å². The second kappa shape index (κ2) is 6.87. The summed E-state index contributed by atoms with van der Waals surface area (Å²) >= 11 is 0. The highest BCUT2D eigenvalue weighted by atomic mass is 16.5. The Morgan fingerprint density at radius 1 is 1.05 bits per heavy atom. The molecule has 2 rings (SSSR count). The molecule has 0 aliphatic rings. The fourth-order valence-corrected chi connectivity index (χ4v) is 1.91. The molecule has 0 heterocycles. The summed E-state index contributed by atoms with van der Waals surface area (Å²) in [6.45, 7) is 4.52. The van der Waals surface area contributed by atoms with Gasteiger partial charge in [0.15, 0.2) is 0 Å². The number of nitrogens with one attached hydrogen (secondary N) is 1. The minimum atomic E-state index is -0.130. The maximum atomic E-state index is 11.8. The summed E-state index contributed by atoms with van der Waals surface area (Å²) in [6.07, 6.45) is 0. The molecule has 104 valence electrons. The minimum absolute atomic E-state index is 0.0578. The van der Waals surface area contributed by atoms with Crippen molar-refractivity contribution >= 4 is 11.6 Å². The number of hydrogen-bond acceptors (Lipinski definition) is 2. The summed E-state index contributed by atoms with van der Waals surface area (Å²) in [7, 11) is 0. The maximum absolute atomic E-state index is 11.8. The number of benzene rings is 2. The third-order valence-electron chi connectivity index (χ3n) is 3.22. The van der Waals surface area contributed by atoms with Gasteiger partial charge >= 0.3 is 0 Å². The lowest BCUT2D eigenvalue weighted by Gasteiger charge is -2.10. The third kappa shape index (κ3) is 3.93. The lowest BCUT2D eigenvalue weighted by atomic mass is 10.1. The molecule has 0 aliphatic carbocycles. The molecule has 0 spiro atoms. The summed E-state index contributed by atoms with van der Waals surface area (Å²) in [5.74, 6) is -0.130. The van der Waals surface area contributed by atoms with E-state index in [1.807, 2.05) is 62.4 Å². The van der Waals surface area contributed by atoms with Crippen molar-refractivity contribution in [2.75, 3.05) is 11.9 Å².